The number of carbonyl (C=O) groups excluding carboxylic acids is 1. The Morgan fingerprint density at radius 1 is 1.40 bits per heavy atom. The van der Waals surface area contributed by atoms with Gasteiger partial charge in [0.05, 0.1) is 0 Å². The number of hydrogen-bond acceptors (Lipinski definition) is 3. The molecule has 0 heterocycles. The zero-order chi connectivity index (χ0) is 11.3. The van der Waals surface area contributed by atoms with Crippen molar-refractivity contribution in [1.29, 1.82) is 0 Å². The Morgan fingerprint density at radius 2 is 2.00 bits per heavy atom. The maximum atomic E-state index is 11.6. The molecule has 0 radical (unpaired) electrons. The molecule has 0 aromatic carbocycles. The van der Waals surface area contributed by atoms with Gasteiger partial charge in [0.15, 0.2) is 0 Å². The van der Waals surface area contributed by atoms with E-state index in [1.54, 1.807) is 14.0 Å². The van der Waals surface area contributed by atoms with Gasteiger partial charge >= 0.3 is 0 Å². The summed E-state index contributed by atoms with van der Waals surface area (Å²) in [7, 11) is 1.56. The van der Waals surface area contributed by atoms with E-state index in [1.807, 2.05) is 11.8 Å². The van der Waals surface area contributed by atoms with E-state index in [1.165, 1.54) is 12.8 Å². The maximum absolute atomic E-state index is 11.6. The van der Waals surface area contributed by atoms with Crippen molar-refractivity contribution in [2.45, 2.75) is 50.0 Å². The van der Waals surface area contributed by atoms with E-state index in [-0.39, 0.29) is 12.0 Å². The summed E-state index contributed by atoms with van der Waals surface area (Å²) in [6.07, 6.45) is 6.47. The van der Waals surface area contributed by atoms with Crippen LogP contribution in [0.15, 0.2) is 0 Å². The van der Waals surface area contributed by atoms with Crippen LogP contribution in [0.3, 0.4) is 0 Å². The molecule has 1 N–H and O–H groups in total. The number of hydrogen-bond donors (Lipinski definition) is 1. The van der Waals surface area contributed by atoms with Crippen molar-refractivity contribution in [2.24, 2.45) is 0 Å². The first-order valence-electron chi connectivity index (χ1n) is 5.53. The Labute approximate surface area is 96.3 Å². The van der Waals surface area contributed by atoms with Crippen molar-refractivity contribution in [1.82, 2.24) is 5.32 Å². The number of rotatable bonds is 4. The molecule has 1 amide bonds. The summed E-state index contributed by atoms with van der Waals surface area (Å²) in [5.41, 5.74) is 0. The van der Waals surface area contributed by atoms with Gasteiger partial charge in [-0.25, -0.2) is 0 Å². The molecule has 1 saturated carbocycles. The largest absolute Gasteiger partial charge is 0.372 e. The average Bonchev–Trinajstić information content (AvgIpc) is 2.29. The summed E-state index contributed by atoms with van der Waals surface area (Å²) in [6, 6.07) is 0.360. The highest BCUT2D eigenvalue weighted by atomic mass is 32.2. The predicted octanol–water partition coefficient (Wildman–Crippen LogP) is 1.81. The molecule has 0 spiro atoms. The van der Waals surface area contributed by atoms with Crippen LogP contribution in [0.1, 0.15) is 32.6 Å². The van der Waals surface area contributed by atoms with Crippen LogP contribution in [-0.4, -0.2) is 36.7 Å². The molecule has 4 heteroatoms. The molecular weight excluding hydrogens is 210 g/mol. The van der Waals surface area contributed by atoms with E-state index in [9.17, 15) is 4.79 Å². The van der Waals surface area contributed by atoms with Crippen LogP contribution in [0.2, 0.25) is 0 Å². The number of carbonyl (C=O) groups is 1. The normalized spacial score (nSPS) is 28.5. The molecule has 0 bridgehead atoms. The highest BCUT2D eigenvalue weighted by Crippen LogP contribution is 2.26. The molecule has 1 fully saturated rings. The van der Waals surface area contributed by atoms with E-state index in [4.69, 9.17) is 4.74 Å². The molecule has 3 nitrogen and oxygen atoms in total. The molecule has 15 heavy (non-hydrogen) atoms. The van der Waals surface area contributed by atoms with Crippen molar-refractivity contribution in [3.8, 4) is 0 Å². The second kappa shape index (κ2) is 6.38. The van der Waals surface area contributed by atoms with Gasteiger partial charge in [-0.15, -0.1) is 0 Å². The van der Waals surface area contributed by atoms with Crippen molar-refractivity contribution in [3.05, 3.63) is 0 Å². The number of thioether (sulfide) groups is 1. The van der Waals surface area contributed by atoms with Gasteiger partial charge in [-0.1, -0.05) is 0 Å². The summed E-state index contributed by atoms with van der Waals surface area (Å²) >= 11 is 1.94. The van der Waals surface area contributed by atoms with E-state index in [0.29, 0.717) is 6.04 Å². The average molecular weight is 231 g/mol. The van der Waals surface area contributed by atoms with Crippen LogP contribution in [0.5, 0.6) is 0 Å². The van der Waals surface area contributed by atoms with E-state index in [0.717, 1.165) is 18.1 Å². The molecule has 1 unspecified atom stereocenters. The molecular formula is C11H21NO2S. The second-order valence-corrected chi connectivity index (χ2v) is 5.23. The molecule has 0 aromatic heterocycles. The number of methoxy groups -OCH3 is 1. The summed E-state index contributed by atoms with van der Waals surface area (Å²) in [4.78, 5) is 11.6. The molecule has 1 atom stereocenters. The number of ether oxygens (including phenoxy) is 1. The Hall–Kier alpha value is -0.220. The molecule has 88 valence electrons. The first-order chi connectivity index (χ1) is 7.17. The van der Waals surface area contributed by atoms with E-state index in [2.05, 4.69) is 11.6 Å². The molecule has 0 saturated heterocycles. The molecule has 0 aromatic rings. The first kappa shape index (κ1) is 12.8. The summed E-state index contributed by atoms with van der Waals surface area (Å²) in [5, 5.41) is 3.83. The van der Waals surface area contributed by atoms with Crippen LogP contribution in [0.4, 0.5) is 0 Å². The summed E-state index contributed by atoms with van der Waals surface area (Å²) in [5.74, 6) is 0.0186. The van der Waals surface area contributed by atoms with E-state index >= 15 is 0 Å². The van der Waals surface area contributed by atoms with Crippen molar-refractivity contribution in [2.75, 3.05) is 13.4 Å². The molecule has 1 rings (SSSR count). The minimum atomic E-state index is -0.330. The third-order valence-electron chi connectivity index (χ3n) is 3.08. The lowest BCUT2D eigenvalue weighted by molar-refractivity contribution is -0.131. The second-order valence-electron chi connectivity index (χ2n) is 4.10. The van der Waals surface area contributed by atoms with Crippen LogP contribution in [0, 0.1) is 0 Å². The summed E-state index contributed by atoms with van der Waals surface area (Å²) < 4.78 is 4.98. The molecule has 1 aliphatic carbocycles. The predicted molar refractivity (Wildman–Crippen MR) is 64.2 cm³/mol. The third kappa shape index (κ3) is 4.03. The Morgan fingerprint density at radius 3 is 2.47 bits per heavy atom. The Bertz CT molecular complexity index is 203. The van der Waals surface area contributed by atoms with Crippen LogP contribution < -0.4 is 5.32 Å². The zero-order valence-corrected chi connectivity index (χ0v) is 10.6. The first-order valence-corrected chi connectivity index (χ1v) is 6.82. The Kier molecular flexibility index (Phi) is 5.47. The topological polar surface area (TPSA) is 38.3 Å². The monoisotopic (exact) mass is 231 g/mol. The van der Waals surface area contributed by atoms with Gasteiger partial charge in [0.1, 0.15) is 6.10 Å². The fourth-order valence-electron chi connectivity index (χ4n) is 1.87. The lowest BCUT2D eigenvalue weighted by Gasteiger charge is -2.28. The fraction of sp³-hybridized carbons (Fsp3) is 0.909. The highest BCUT2D eigenvalue weighted by Gasteiger charge is 2.23. The van der Waals surface area contributed by atoms with E-state index < -0.39 is 0 Å². The van der Waals surface area contributed by atoms with Gasteiger partial charge in [-0.2, -0.15) is 11.8 Å². The smallest absolute Gasteiger partial charge is 0.249 e. The van der Waals surface area contributed by atoms with Gasteiger partial charge in [0, 0.05) is 18.4 Å². The SMILES string of the molecule is COC(C)C(=O)NC1CCC(SC)CC1. The number of nitrogens with one attached hydrogen (secondary N) is 1. The summed E-state index contributed by atoms with van der Waals surface area (Å²) in [6.45, 7) is 1.78. The van der Waals surface area contributed by atoms with Crippen LogP contribution in [-0.2, 0) is 9.53 Å². The lowest BCUT2D eigenvalue weighted by atomic mass is 9.95. The van der Waals surface area contributed by atoms with Crippen LogP contribution >= 0.6 is 11.8 Å². The van der Waals surface area contributed by atoms with Gasteiger partial charge in [-0.3, -0.25) is 4.79 Å². The van der Waals surface area contributed by atoms with Gasteiger partial charge in [0.25, 0.3) is 0 Å². The third-order valence-corrected chi connectivity index (χ3v) is 4.21. The highest BCUT2D eigenvalue weighted by molar-refractivity contribution is 7.99. The Balaban J connectivity index is 2.26. The molecule has 0 aliphatic heterocycles. The lowest BCUT2D eigenvalue weighted by Crippen LogP contribution is -2.43. The maximum Gasteiger partial charge on any atom is 0.249 e. The quantitative estimate of drug-likeness (QED) is 0.802. The minimum absolute atomic E-state index is 0.0186. The van der Waals surface area contributed by atoms with Gasteiger partial charge in [0.2, 0.25) is 5.91 Å². The zero-order valence-electron chi connectivity index (χ0n) is 9.79. The molecule has 1 aliphatic rings. The van der Waals surface area contributed by atoms with Crippen LogP contribution in [0.25, 0.3) is 0 Å². The van der Waals surface area contributed by atoms with Gasteiger partial charge < -0.3 is 10.1 Å². The standard InChI is InChI=1S/C11H21NO2S/c1-8(14-2)11(13)12-9-4-6-10(15-3)7-5-9/h8-10H,4-7H2,1-3H3,(H,12,13). The number of amides is 1. The van der Waals surface area contributed by atoms with Gasteiger partial charge in [-0.05, 0) is 38.9 Å². The van der Waals surface area contributed by atoms with Crippen molar-refractivity contribution >= 4 is 17.7 Å². The van der Waals surface area contributed by atoms with Crippen molar-refractivity contribution in [3.63, 3.8) is 0 Å². The minimum Gasteiger partial charge on any atom is -0.372 e. The van der Waals surface area contributed by atoms with Crippen molar-refractivity contribution < 1.29 is 9.53 Å². The fourth-order valence-corrected chi connectivity index (χ4v) is 2.61.